The molecule has 0 fully saturated rings. The zero-order chi connectivity index (χ0) is 16.8. The van der Waals surface area contributed by atoms with Crippen LogP contribution in [-0.2, 0) is 4.79 Å². The molecular weight excluding hydrogens is 292 g/mol. The molecule has 2 N–H and O–H groups in total. The lowest BCUT2D eigenvalue weighted by atomic mass is 10.1. The van der Waals surface area contributed by atoms with E-state index in [1.54, 1.807) is 29.9 Å². The lowest BCUT2D eigenvalue weighted by Gasteiger charge is -2.14. The van der Waals surface area contributed by atoms with E-state index in [0.29, 0.717) is 12.1 Å². The fourth-order valence-electron chi connectivity index (χ4n) is 2.14. The Morgan fingerprint density at radius 1 is 1.22 bits per heavy atom. The van der Waals surface area contributed by atoms with Crippen LogP contribution in [-0.4, -0.2) is 34.2 Å². The summed E-state index contributed by atoms with van der Waals surface area (Å²) in [6.07, 6.45) is 2.59. The van der Waals surface area contributed by atoms with Gasteiger partial charge in [0.2, 0.25) is 5.91 Å². The first-order valence-corrected chi connectivity index (χ1v) is 7.72. The van der Waals surface area contributed by atoms with Crippen molar-refractivity contribution in [3.63, 3.8) is 0 Å². The van der Waals surface area contributed by atoms with E-state index in [2.05, 4.69) is 15.7 Å². The van der Waals surface area contributed by atoms with Crippen molar-refractivity contribution in [1.29, 1.82) is 0 Å². The van der Waals surface area contributed by atoms with Gasteiger partial charge in [0.15, 0.2) is 0 Å². The molecule has 1 aromatic carbocycles. The number of aryl methyl sites for hydroxylation is 1. The highest BCUT2D eigenvalue weighted by molar-refractivity contribution is 5.97. The number of benzene rings is 1. The monoisotopic (exact) mass is 314 g/mol. The Bertz CT molecular complexity index is 676. The first kappa shape index (κ1) is 16.7. The van der Waals surface area contributed by atoms with Crippen LogP contribution in [0.3, 0.4) is 0 Å². The predicted molar refractivity (Wildman–Crippen MR) is 88.5 cm³/mol. The fraction of sp³-hybridized carbons (Fsp3) is 0.353. The second-order valence-corrected chi connectivity index (χ2v) is 5.42. The van der Waals surface area contributed by atoms with Crippen LogP contribution in [0.5, 0.6) is 0 Å². The normalized spacial score (nSPS) is 11.8. The molecule has 1 heterocycles. The average Bonchev–Trinajstić information content (AvgIpc) is 2.98. The third-order valence-electron chi connectivity index (χ3n) is 3.50. The highest BCUT2D eigenvalue weighted by Gasteiger charge is 2.16. The minimum Gasteiger partial charge on any atom is -0.354 e. The average molecular weight is 314 g/mol. The molecule has 2 amide bonds. The maximum atomic E-state index is 12.2. The zero-order valence-electron chi connectivity index (χ0n) is 13.7. The number of carbonyl (C=O) groups is 2. The quantitative estimate of drug-likeness (QED) is 0.854. The molecule has 0 aliphatic rings. The molecule has 1 atom stereocenters. The molecule has 6 nitrogen and oxygen atoms in total. The highest BCUT2D eigenvalue weighted by Crippen LogP contribution is 2.11. The summed E-state index contributed by atoms with van der Waals surface area (Å²) in [7, 11) is 0. The predicted octanol–water partition coefficient (Wildman–Crippen LogP) is 1.83. The van der Waals surface area contributed by atoms with Crippen molar-refractivity contribution in [1.82, 2.24) is 20.4 Å². The summed E-state index contributed by atoms with van der Waals surface area (Å²) in [6, 6.07) is 8.46. The fourth-order valence-corrected chi connectivity index (χ4v) is 2.14. The first-order valence-electron chi connectivity index (χ1n) is 7.72. The lowest BCUT2D eigenvalue weighted by molar-refractivity contribution is -0.122. The van der Waals surface area contributed by atoms with Crippen LogP contribution < -0.4 is 10.6 Å². The van der Waals surface area contributed by atoms with E-state index in [4.69, 9.17) is 0 Å². The van der Waals surface area contributed by atoms with E-state index in [9.17, 15) is 9.59 Å². The van der Waals surface area contributed by atoms with E-state index < -0.39 is 6.04 Å². The molecule has 0 aliphatic heterocycles. The molecule has 6 heteroatoms. The number of hydrogen-bond acceptors (Lipinski definition) is 3. The van der Waals surface area contributed by atoms with Crippen LogP contribution in [0.1, 0.15) is 36.3 Å². The molecule has 0 saturated heterocycles. The molecule has 0 unspecified atom stereocenters. The van der Waals surface area contributed by atoms with Gasteiger partial charge in [-0.3, -0.25) is 9.59 Å². The van der Waals surface area contributed by atoms with Gasteiger partial charge in [-0.1, -0.05) is 6.92 Å². The van der Waals surface area contributed by atoms with Crippen LogP contribution >= 0.6 is 0 Å². The van der Waals surface area contributed by atoms with Gasteiger partial charge in [-0.2, -0.15) is 5.10 Å². The van der Waals surface area contributed by atoms with Gasteiger partial charge < -0.3 is 10.6 Å². The van der Waals surface area contributed by atoms with Crippen molar-refractivity contribution < 1.29 is 9.59 Å². The summed E-state index contributed by atoms with van der Waals surface area (Å²) >= 11 is 0. The summed E-state index contributed by atoms with van der Waals surface area (Å²) in [5.74, 6) is -0.447. The Kier molecular flexibility index (Phi) is 5.51. The molecule has 122 valence electrons. The molecule has 0 aliphatic carbocycles. The molecule has 0 saturated carbocycles. The van der Waals surface area contributed by atoms with Crippen molar-refractivity contribution in [2.24, 2.45) is 0 Å². The van der Waals surface area contributed by atoms with Gasteiger partial charge in [0.25, 0.3) is 5.91 Å². The number of rotatable bonds is 6. The van der Waals surface area contributed by atoms with Crippen molar-refractivity contribution in [3.05, 3.63) is 47.8 Å². The zero-order valence-corrected chi connectivity index (χ0v) is 13.7. The van der Waals surface area contributed by atoms with Gasteiger partial charge in [-0.15, -0.1) is 0 Å². The van der Waals surface area contributed by atoms with Crippen LogP contribution in [0.15, 0.2) is 36.5 Å². The topological polar surface area (TPSA) is 76.0 Å². The second kappa shape index (κ2) is 7.58. The van der Waals surface area contributed by atoms with Crippen LogP contribution in [0.4, 0.5) is 0 Å². The molecule has 23 heavy (non-hydrogen) atoms. The van der Waals surface area contributed by atoms with Gasteiger partial charge in [-0.05, 0) is 50.6 Å². The van der Waals surface area contributed by atoms with Gasteiger partial charge in [0, 0.05) is 24.0 Å². The number of nitrogens with zero attached hydrogens (tertiary/aromatic N) is 2. The Balaban J connectivity index is 2.00. The van der Waals surface area contributed by atoms with Crippen LogP contribution in [0.2, 0.25) is 0 Å². The molecule has 1 aromatic heterocycles. The molecule has 2 aromatic rings. The maximum absolute atomic E-state index is 12.2. The Morgan fingerprint density at radius 3 is 2.48 bits per heavy atom. The standard InChI is InChI=1S/C17H22N4O2/c1-4-10-18-16(22)13(3)20-17(23)14-5-7-15(8-6-14)21-12(2)9-11-19-21/h5-9,11,13H,4,10H2,1-3H3,(H,18,22)(H,20,23)/t13-/m1/s1. The van der Waals surface area contributed by atoms with Crippen LogP contribution in [0, 0.1) is 6.92 Å². The summed E-state index contributed by atoms with van der Waals surface area (Å²) in [5, 5.41) is 9.68. The number of nitrogens with one attached hydrogen (secondary N) is 2. The smallest absolute Gasteiger partial charge is 0.251 e. The molecule has 0 spiro atoms. The second-order valence-electron chi connectivity index (χ2n) is 5.42. The maximum Gasteiger partial charge on any atom is 0.251 e. The molecule has 2 rings (SSSR count). The third kappa shape index (κ3) is 4.18. The van der Waals surface area contributed by atoms with E-state index in [0.717, 1.165) is 17.8 Å². The summed E-state index contributed by atoms with van der Waals surface area (Å²) in [5.41, 5.74) is 2.41. The number of carbonyl (C=O) groups excluding carboxylic acids is 2. The summed E-state index contributed by atoms with van der Waals surface area (Å²) in [6.45, 7) is 6.22. The molecule has 0 bridgehead atoms. The summed E-state index contributed by atoms with van der Waals surface area (Å²) < 4.78 is 1.79. The van der Waals surface area contributed by atoms with Crippen LogP contribution in [0.25, 0.3) is 5.69 Å². The van der Waals surface area contributed by atoms with E-state index in [1.807, 2.05) is 32.0 Å². The Morgan fingerprint density at radius 2 is 1.91 bits per heavy atom. The van der Waals surface area contributed by atoms with E-state index >= 15 is 0 Å². The van der Waals surface area contributed by atoms with Crippen molar-refractivity contribution in [2.75, 3.05) is 6.54 Å². The van der Waals surface area contributed by atoms with Crippen molar-refractivity contribution in [3.8, 4) is 5.69 Å². The Hall–Kier alpha value is -2.63. The minimum atomic E-state index is -0.568. The van der Waals surface area contributed by atoms with Gasteiger partial charge >= 0.3 is 0 Å². The lowest BCUT2D eigenvalue weighted by Crippen LogP contribution is -2.45. The van der Waals surface area contributed by atoms with Gasteiger partial charge in [0.05, 0.1) is 5.69 Å². The van der Waals surface area contributed by atoms with Gasteiger partial charge in [-0.25, -0.2) is 4.68 Å². The molecule has 0 radical (unpaired) electrons. The Labute approximate surface area is 135 Å². The molecular formula is C17H22N4O2. The SMILES string of the molecule is CCCNC(=O)[C@@H](C)NC(=O)c1ccc(-n2nccc2C)cc1. The number of hydrogen-bond donors (Lipinski definition) is 2. The number of aromatic nitrogens is 2. The number of amides is 2. The van der Waals surface area contributed by atoms with E-state index in [-0.39, 0.29) is 11.8 Å². The highest BCUT2D eigenvalue weighted by atomic mass is 16.2. The minimum absolute atomic E-state index is 0.177. The van der Waals surface area contributed by atoms with E-state index in [1.165, 1.54) is 0 Å². The van der Waals surface area contributed by atoms with Crippen molar-refractivity contribution in [2.45, 2.75) is 33.2 Å². The first-order chi connectivity index (χ1) is 11.0. The largest absolute Gasteiger partial charge is 0.354 e. The van der Waals surface area contributed by atoms with Crippen molar-refractivity contribution >= 4 is 11.8 Å². The summed E-state index contributed by atoms with van der Waals surface area (Å²) in [4.78, 5) is 24.0. The third-order valence-corrected chi connectivity index (χ3v) is 3.50. The van der Waals surface area contributed by atoms with Gasteiger partial charge in [0.1, 0.15) is 6.04 Å².